The first-order valence-corrected chi connectivity index (χ1v) is 7.46. The van der Waals surface area contributed by atoms with E-state index in [1.807, 2.05) is 11.8 Å². The van der Waals surface area contributed by atoms with Crippen molar-refractivity contribution in [3.05, 3.63) is 0 Å². The average Bonchev–Trinajstić information content (AvgIpc) is 2.85. The normalized spacial score (nSPS) is 21.1. The number of carbonyl (C=O) groups excluding carboxylic acids is 1. The van der Waals surface area contributed by atoms with Gasteiger partial charge < -0.3 is 10.6 Å². The molecule has 0 radical (unpaired) electrons. The molecule has 0 aliphatic carbocycles. The summed E-state index contributed by atoms with van der Waals surface area (Å²) < 4.78 is 0.217. The quantitative estimate of drug-likeness (QED) is 0.748. The Kier molecular flexibility index (Phi) is 5.62. The molecule has 0 aromatic rings. The van der Waals surface area contributed by atoms with E-state index in [1.165, 1.54) is 0 Å². The van der Waals surface area contributed by atoms with Crippen LogP contribution in [-0.2, 0) is 4.79 Å². The number of rotatable bonds is 6. The number of thioether (sulfide) groups is 1. The molecule has 1 saturated heterocycles. The highest BCUT2D eigenvalue weighted by Gasteiger charge is 2.28. The second-order valence-corrected chi connectivity index (χ2v) is 5.74. The lowest BCUT2D eigenvalue weighted by Crippen LogP contribution is -2.46. The van der Waals surface area contributed by atoms with Crippen molar-refractivity contribution < 1.29 is 4.79 Å². The van der Waals surface area contributed by atoms with Crippen LogP contribution in [0.1, 0.15) is 39.5 Å². The first-order chi connectivity index (χ1) is 7.67. The Hall–Kier alpha value is -0.220. The Morgan fingerprint density at radius 3 is 2.62 bits per heavy atom. The average molecular weight is 244 g/mol. The molecular formula is C12H24N2OS. The van der Waals surface area contributed by atoms with E-state index >= 15 is 0 Å². The summed E-state index contributed by atoms with van der Waals surface area (Å²) in [5.74, 6) is 0.179. The third kappa shape index (κ3) is 3.39. The number of amides is 1. The van der Waals surface area contributed by atoms with Gasteiger partial charge in [-0.1, -0.05) is 13.8 Å². The molecule has 3 nitrogen and oxygen atoms in total. The van der Waals surface area contributed by atoms with Crippen LogP contribution < -0.4 is 10.6 Å². The van der Waals surface area contributed by atoms with E-state index < -0.39 is 0 Å². The molecule has 4 heteroatoms. The van der Waals surface area contributed by atoms with Crippen molar-refractivity contribution in [3.8, 4) is 0 Å². The highest BCUT2D eigenvalue weighted by molar-refractivity contribution is 8.00. The smallest absolute Gasteiger partial charge is 0.237 e. The van der Waals surface area contributed by atoms with Crippen LogP contribution in [0, 0.1) is 0 Å². The van der Waals surface area contributed by atoms with Crippen molar-refractivity contribution in [1.29, 1.82) is 0 Å². The predicted molar refractivity (Wildman–Crippen MR) is 70.9 cm³/mol. The second-order valence-electron chi connectivity index (χ2n) is 4.46. The monoisotopic (exact) mass is 244 g/mol. The lowest BCUT2D eigenvalue weighted by atomic mass is 10.0. The standard InChI is InChI=1S/C12H24N2OS/c1-4-12(5-2,16-3)9-14-11(15)10-7-6-8-13-10/h10,13H,4-9H2,1-3H3,(H,14,15). The van der Waals surface area contributed by atoms with Gasteiger partial charge in [-0.2, -0.15) is 11.8 Å². The fourth-order valence-corrected chi connectivity index (χ4v) is 2.93. The summed E-state index contributed by atoms with van der Waals surface area (Å²) in [5, 5.41) is 6.32. The van der Waals surface area contributed by atoms with Crippen molar-refractivity contribution in [2.75, 3.05) is 19.3 Å². The van der Waals surface area contributed by atoms with Crippen molar-refractivity contribution in [1.82, 2.24) is 10.6 Å². The van der Waals surface area contributed by atoms with Crippen molar-refractivity contribution >= 4 is 17.7 Å². The molecule has 0 saturated carbocycles. The molecule has 1 aliphatic rings. The van der Waals surface area contributed by atoms with E-state index in [0.717, 1.165) is 38.8 Å². The van der Waals surface area contributed by atoms with Gasteiger partial charge in [0.25, 0.3) is 0 Å². The maximum absolute atomic E-state index is 11.9. The third-order valence-electron chi connectivity index (χ3n) is 3.68. The zero-order valence-corrected chi connectivity index (χ0v) is 11.5. The molecule has 0 spiro atoms. The van der Waals surface area contributed by atoms with Crippen LogP contribution in [0.3, 0.4) is 0 Å². The molecule has 1 unspecified atom stereocenters. The summed E-state index contributed by atoms with van der Waals surface area (Å²) in [5.41, 5.74) is 0. The Bertz CT molecular complexity index is 215. The Morgan fingerprint density at radius 1 is 1.50 bits per heavy atom. The van der Waals surface area contributed by atoms with Gasteiger partial charge in [0.05, 0.1) is 6.04 Å². The highest BCUT2D eigenvalue weighted by Crippen LogP contribution is 2.29. The minimum absolute atomic E-state index is 0.0493. The van der Waals surface area contributed by atoms with E-state index in [4.69, 9.17) is 0 Å². The summed E-state index contributed by atoms with van der Waals surface area (Å²) in [7, 11) is 0. The molecule has 1 fully saturated rings. The van der Waals surface area contributed by atoms with Crippen LogP contribution in [0.25, 0.3) is 0 Å². The lowest BCUT2D eigenvalue weighted by Gasteiger charge is -2.30. The van der Waals surface area contributed by atoms with Crippen molar-refractivity contribution in [2.45, 2.75) is 50.3 Å². The van der Waals surface area contributed by atoms with Crippen molar-refractivity contribution in [3.63, 3.8) is 0 Å². The Balaban J connectivity index is 2.39. The molecule has 1 aliphatic heterocycles. The van der Waals surface area contributed by atoms with Crippen LogP contribution in [0.2, 0.25) is 0 Å². The molecular weight excluding hydrogens is 220 g/mol. The van der Waals surface area contributed by atoms with Crippen LogP contribution >= 0.6 is 11.8 Å². The molecule has 94 valence electrons. The fourth-order valence-electron chi connectivity index (χ4n) is 2.14. The van der Waals surface area contributed by atoms with Crippen LogP contribution in [0.4, 0.5) is 0 Å². The zero-order chi connectivity index (χ0) is 12.0. The number of nitrogens with one attached hydrogen (secondary N) is 2. The highest BCUT2D eigenvalue weighted by atomic mass is 32.2. The molecule has 0 aromatic carbocycles. The van der Waals surface area contributed by atoms with Crippen LogP contribution in [0.5, 0.6) is 0 Å². The van der Waals surface area contributed by atoms with Crippen LogP contribution in [0.15, 0.2) is 0 Å². The first-order valence-electron chi connectivity index (χ1n) is 6.23. The summed E-state index contributed by atoms with van der Waals surface area (Å²) in [6.07, 6.45) is 6.43. The Morgan fingerprint density at radius 2 is 2.19 bits per heavy atom. The fraction of sp³-hybridized carbons (Fsp3) is 0.917. The van der Waals surface area contributed by atoms with E-state index in [-0.39, 0.29) is 16.7 Å². The topological polar surface area (TPSA) is 41.1 Å². The molecule has 16 heavy (non-hydrogen) atoms. The first kappa shape index (κ1) is 13.8. The van der Waals surface area contributed by atoms with Gasteiger partial charge in [-0.25, -0.2) is 0 Å². The molecule has 1 rings (SSSR count). The molecule has 2 N–H and O–H groups in total. The molecule has 0 bridgehead atoms. The van der Waals surface area contributed by atoms with Gasteiger partial charge in [-0.15, -0.1) is 0 Å². The predicted octanol–water partition coefficient (Wildman–Crippen LogP) is 1.78. The maximum Gasteiger partial charge on any atom is 0.237 e. The van der Waals surface area contributed by atoms with Gasteiger partial charge in [0.1, 0.15) is 0 Å². The summed E-state index contributed by atoms with van der Waals surface area (Å²) in [6.45, 7) is 6.16. The third-order valence-corrected chi connectivity index (χ3v) is 5.27. The van der Waals surface area contributed by atoms with Gasteiger partial charge in [0.15, 0.2) is 0 Å². The molecule has 1 atom stereocenters. The molecule has 1 heterocycles. The van der Waals surface area contributed by atoms with E-state index in [2.05, 4.69) is 30.7 Å². The lowest BCUT2D eigenvalue weighted by molar-refractivity contribution is -0.122. The minimum atomic E-state index is 0.0493. The summed E-state index contributed by atoms with van der Waals surface area (Å²) in [4.78, 5) is 11.9. The Labute approximate surface area is 103 Å². The summed E-state index contributed by atoms with van der Waals surface area (Å²) in [6, 6.07) is 0.0493. The molecule has 0 aromatic heterocycles. The number of carbonyl (C=O) groups is 1. The summed E-state index contributed by atoms with van der Waals surface area (Å²) >= 11 is 1.87. The largest absolute Gasteiger partial charge is 0.353 e. The van der Waals surface area contributed by atoms with Crippen molar-refractivity contribution in [2.24, 2.45) is 0 Å². The maximum atomic E-state index is 11.9. The minimum Gasteiger partial charge on any atom is -0.353 e. The molecule has 1 amide bonds. The van der Waals surface area contributed by atoms with Gasteiger partial charge >= 0.3 is 0 Å². The van der Waals surface area contributed by atoms with Crippen LogP contribution in [-0.4, -0.2) is 36.0 Å². The van der Waals surface area contributed by atoms with E-state index in [0.29, 0.717) is 0 Å². The van der Waals surface area contributed by atoms with Gasteiger partial charge in [0.2, 0.25) is 5.91 Å². The second kappa shape index (κ2) is 6.50. The van der Waals surface area contributed by atoms with E-state index in [9.17, 15) is 4.79 Å². The zero-order valence-electron chi connectivity index (χ0n) is 10.6. The SMILES string of the molecule is CCC(CC)(CNC(=O)C1CCCN1)SC. The number of hydrogen-bond acceptors (Lipinski definition) is 3. The van der Waals surface area contributed by atoms with Gasteiger partial charge in [-0.3, -0.25) is 4.79 Å². The van der Waals surface area contributed by atoms with E-state index in [1.54, 1.807) is 0 Å². The number of hydrogen-bond donors (Lipinski definition) is 2. The van der Waals surface area contributed by atoms with Gasteiger partial charge in [-0.05, 0) is 38.5 Å². The van der Waals surface area contributed by atoms with Gasteiger partial charge in [0, 0.05) is 11.3 Å².